The van der Waals surface area contributed by atoms with Crippen LogP contribution in [-0.4, -0.2) is 11.8 Å². The lowest BCUT2D eigenvalue weighted by molar-refractivity contribution is 0.0897. The maximum absolute atomic E-state index is 12.9. The highest BCUT2D eigenvalue weighted by atomic mass is 16.2. The molecule has 24 heavy (non-hydrogen) atoms. The number of rotatable bonds is 3. The van der Waals surface area contributed by atoms with E-state index in [1.807, 2.05) is 12.1 Å². The molecule has 0 aliphatic heterocycles. The van der Waals surface area contributed by atoms with E-state index in [-0.39, 0.29) is 11.8 Å². The molecule has 0 aliphatic rings. The van der Waals surface area contributed by atoms with E-state index >= 15 is 0 Å². The molecular weight excluding hydrogens is 298 g/mol. The molecule has 3 nitrogen and oxygen atoms in total. The van der Waals surface area contributed by atoms with Crippen LogP contribution in [0.4, 0.5) is 5.69 Å². The Kier molecular flexibility index (Phi) is 4.52. The first-order chi connectivity index (χ1) is 11.7. The van der Waals surface area contributed by atoms with Crippen LogP contribution in [0.3, 0.4) is 0 Å². The first kappa shape index (κ1) is 15.7. The Labute approximate surface area is 141 Å². The summed E-state index contributed by atoms with van der Waals surface area (Å²) in [6.07, 6.45) is 0. The molecule has 0 atom stereocenters. The van der Waals surface area contributed by atoms with Crippen LogP contribution in [0.5, 0.6) is 0 Å². The fourth-order valence-electron chi connectivity index (χ4n) is 2.39. The minimum absolute atomic E-state index is 0.360. The molecule has 0 unspecified atom stereocenters. The van der Waals surface area contributed by atoms with Gasteiger partial charge in [0.25, 0.3) is 11.8 Å². The molecule has 0 fully saturated rings. The summed E-state index contributed by atoms with van der Waals surface area (Å²) < 4.78 is 0. The lowest BCUT2D eigenvalue weighted by Crippen LogP contribution is -2.37. The Hall–Kier alpha value is -3.20. The quantitative estimate of drug-likeness (QED) is 0.674. The van der Waals surface area contributed by atoms with E-state index in [0.29, 0.717) is 16.8 Å². The molecule has 117 valence electrons. The van der Waals surface area contributed by atoms with Crippen molar-refractivity contribution in [3.63, 3.8) is 0 Å². The Morgan fingerprint density at radius 2 is 1.04 bits per heavy atom. The largest absolute Gasteiger partial charge is 0.268 e. The van der Waals surface area contributed by atoms with Gasteiger partial charge in [-0.05, 0) is 48.9 Å². The van der Waals surface area contributed by atoms with Gasteiger partial charge in [0.05, 0.1) is 5.69 Å². The Morgan fingerprint density at radius 1 is 0.625 bits per heavy atom. The van der Waals surface area contributed by atoms with Gasteiger partial charge in [-0.25, -0.2) is 4.90 Å². The second-order valence-electron chi connectivity index (χ2n) is 5.34. The standard InChI is InChI=1S/C21H16NO2/c1-16-12-14-19(15-13-16)22(20(23)17-8-4-2-5-9-17)21(24)18-10-6-3-7-11-18/h2-15H,1H2. The van der Waals surface area contributed by atoms with Gasteiger partial charge < -0.3 is 0 Å². The topological polar surface area (TPSA) is 37.4 Å². The van der Waals surface area contributed by atoms with Crippen molar-refractivity contribution in [2.24, 2.45) is 0 Å². The molecule has 2 amide bonds. The highest BCUT2D eigenvalue weighted by Crippen LogP contribution is 2.21. The first-order valence-corrected chi connectivity index (χ1v) is 7.58. The van der Waals surface area contributed by atoms with Crippen molar-refractivity contribution in [1.29, 1.82) is 0 Å². The van der Waals surface area contributed by atoms with Crippen LogP contribution in [0.15, 0.2) is 84.9 Å². The molecule has 3 rings (SSSR count). The van der Waals surface area contributed by atoms with Crippen LogP contribution in [0.1, 0.15) is 26.3 Å². The minimum Gasteiger partial charge on any atom is -0.268 e. The third kappa shape index (κ3) is 3.25. The molecule has 0 saturated heterocycles. The smallest absolute Gasteiger partial charge is 0.265 e. The molecule has 1 radical (unpaired) electrons. The van der Waals surface area contributed by atoms with Gasteiger partial charge in [-0.2, -0.15) is 0 Å². The van der Waals surface area contributed by atoms with Crippen LogP contribution >= 0.6 is 0 Å². The summed E-state index contributed by atoms with van der Waals surface area (Å²) in [5, 5.41) is 0. The Bertz CT molecular complexity index is 789. The maximum atomic E-state index is 12.9. The number of nitrogens with zero attached hydrogens (tertiary/aromatic N) is 1. The van der Waals surface area contributed by atoms with Gasteiger partial charge in [-0.1, -0.05) is 48.5 Å². The maximum Gasteiger partial charge on any atom is 0.265 e. The fraction of sp³-hybridized carbons (Fsp3) is 0. The Balaban J connectivity index is 2.05. The predicted octanol–water partition coefficient (Wildman–Crippen LogP) is 4.36. The van der Waals surface area contributed by atoms with Crippen molar-refractivity contribution in [1.82, 2.24) is 0 Å². The van der Waals surface area contributed by atoms with Crippen molar-refractivity contribution in [2.75, 3.05) is 4.90 Å². The molecule has 0 saturated carbocycles. The predicted molar refractivity (Wildman–Crippen MR) is 94.9 cm³/mol. The summed E-state index contributed by atoms with van der Waals surface area (Å²) >= 11 is 0. The first-order valence-electron chi connectivity index (χ1n) is 7.58. The van der Waals surface area contributed by atoms with Crippen molar-refractivity contribution in [3.05, 3.63) is 109 Å². The summed E-state index contributed by atoms with van der Waals surface area (Å²) in [4.78, 5) is 27.1. The van der Waals surface area contributed by atoms with Crippen molar-refractivity contribution < 1.29 is 9.59 Å². The lowest BCUT2D eigenvalue weighted by Gasteiger charge is -2.21. The zero-order chi connectivity index (χ0) is 16.9. The number of carbonyl (C=O) groups is 2. The molecule has 0 heterocycles. The molecule has 3 aromatic carbocycles. The van der Waals surface area contributed by atoms with E-state index in [4.69, 9.17) is 0 Å². The van der Waals surface area contributed by atoms with Gasteiger partial charge in [0.2, 0.25) is 0 Å². The fourth-order valence-corrected chi connectivity index (χ4v) is 2.39. The molecule has 3 heteroatoms. The van der Waals surface area contributed by atoms with Crippen LogP contribution in [0.25, 0.3) is 0 Å². The lowest BCUT2D eigenvalue weighted by atomic mass is 10.1. The van der Waals surface area contributed by atoms with E-state index in [1.54, 1.807) is 72.8 Å². The highest BCUT2D eigenvalue weighted by Gasteiger charge is 2.25. The zero-order valence-electron chi connectivity index (χ0n) is 13.1. The summed E-state index contributed by atoms with van der Waals surface area (Å²) in [6, 6.07) is 24.6. The average molecular weight is 314 g/mol. The average Bonchev–Trinajstić information content (AvgIpc) is 2.64. The van der Waals surface area contributed by atoms with Crippen LogP contribution in [-0.2, 0) is 0 Å². The molecule has 0 bridgehead atoms. The van der Waals surface area contributed by atoms with E-state index < -0.39 is 0 Å². The molecular formula is C21H16NO2. The minimum atomic E-state index is -0.360. The normalized spacial score (nSPS) is 10.2. The van der Waals surface area contributed by atoms with Crippen molar-refractivity contribution in [3.8, 4) is 0 Å². The molecule has 0 aromatic heterocycles. The van der Waals surface area contributed by atoms with E-state index in [2.05, 4.69) is 6.92 Å². The summed E-state index contributed by atoms with van der Waals surface area (Å²) in [5.41, 5.74) is 2.25. The van der Waals surface area contributed by atoms with E-state index in [1.165, 1.54) is 4.90 Å². The monoisotopic (exact) mass is 314 g/mol. The number of imide groups is 1. The van der Waals surface area contributed by atoms with Crippen molar-refractivity contribution >= 4 is 17.5 Å². The SMILES string of the molecule is [CH2]c1ccc(N(C(=O)c2ccccc2)C(=O)c2ccccc2)cc1. The van der Waals surface area contributed by atoms with Gasteiger partial charge in [0.15, 0.2) is 0 Å². The van der Waals surface area contributed by atoms with Gasteiger partial charge in [-0.3, -0.25) is 9.59 Å². The third-order valence-corrected chi connectivity index (χ3v) is 3.64. The van der Waals surface area contributed by atoms with Crippen LogP contribution in [0.2, 0.25) is 0 Å². The summed E-state index contributed by atoms with van der Waals surface area (Å²) in [6.45, 7) is 3.84. The number of hydrogen-bond donors (Lipinski definition) is 0. The number of benzene rings is 3. The number of amides is 2. The van der Waals surface area contributed by atoms with Crippen molar-refractivity contribution in [2.45, 2.75) is 0 Å². The third-order valence-electron chi connectivity index (χ3n) is 3.64. The molecule has 0 aliphatic carbocycles. The van der Waals surface area contributed by atoms with Gasteiger partial charge in [0, 0.05) is 11.1 Å². The Morgan fingerprint density at radius 3 is 1.46 bits per heavy atom. The summed E-state index contributed by atoms with van der Waals surface area (Å²) in [5.74, 6) is -0.720. The molecule has 0 spiro atoms. The second kappa shape index (κ2) is 6.92. The number of carbonyl (C=O) groups excluding carboxylic acids is 2. The second-order valence-corrected chi connectivity index (χ2v) is 5.34. The number of hydrogen-bond acceptors (Lipinski definition) is 2. The highest BCUT2D eigenvalue weighted by molar-refractivity contribution is 6.25. The van der Waals surface area contributed by atoms with Gasteiger partial charge >= 0.3 is 0 Å². The zero-order valence-corrected chi connectivity index (χ0v) is 13.1. The van der Waals surface area contributed by atoms with E-state index in [0.717, 1.165) is 5.56 Å². The van der Waals surface area contributed by atoms with Gasteiger partial charge in [-0.15, -0.1) is 0 Å². The molecule has 0 N–H and O–H groups in total. The summed E-state index contributed by atoms with van der Waals surface area (Å²) in [7, 11) is 0. The van der Waals surface area contributed by atoms with Crippen LogP contribution < -0.4 is 4.90 Å². The molecule has 3 aromatic rings. The van der Waals surface area contributed by atoms with Crippen LogP contribution in [0, 0.1) is 6.92 Å². The van der Waals surface area contributed by atoms with Gasteiger partial charge in [0.1, 0.15) is 0 Å². The number of anilines is 1. The van der Waals surface area contributed by atoms with E-state index in [9.17, 15) is 9.59 Å².